The standard InChI is InChI=1S/C22H24N2OS/c25-21(15-16-11-12-17-6-1-2-7-18(17)14-16)23-13-5-10-22-24-19-8-3-4-9-20(19)26-22/h1-2,6-7,11-12,14H,3-5,8-10,13,15H2,(H,23,25). The molecule has 0 radical (unpaired) electrons. The van der Waals surface area contributed by atoms with Gasteiger partial charge in [0.15, 0.2) is 0 Å². The van der Waals surface area contributed by atoms with Crippen LogP contribution in [0.3, 0.4) is 0 Å². The minimum Gasteiger partial charge on any atom is -0.356 e. The van der Waals surface area contributed by atoms with Gasteiger partial charge in [-0.25, -0.2) is 4.98 Å². The number of nitrogens with zero attached hydrogens (tertiary/aromatic N) is 1. The van der Waals surface area contributed by atoms with Crippen molar-refractivity contribution in [1.29, 1.82) is 0 Å². The molecule has 0 saturated heterocycles. The summed E-state index contributed by atoms with van der Waals surface area (Å²) >= 11 is 1.87. The van der Waals surface area contributed by atoms with Crippen LogP contribution in [0.2, 0.25) is 0 Å². The van der Waals surface area contributed by atoms with Crippen LogP contribution in [-0.2, 0) is 30.5 Å². The molecular formula is C22H24N2OS. The molecule has 1 aromatic heterocycles. The fraction of sp³-hybridized carbons (Fsp3) is 0.364. The number of benzene rings is 2. The molecule has 1 N–H and O–H groups in total. The summed E-state index contributed by atoms with van der Waals surface area (Å²) in [6.45, 7) is 0.719. The molecule has 4 heteroatoms. The molecule has 0 bridgehead atoms. The Kier molecular flexibility index (Phi) is 5.30. The minimum absolute atomic E-state index is 0.0960. The van der Waals surface area contributed by atoms with Crippen molar-refractivity contribution in [2.45, 2.75) is 44.9 Å². The van der Waals surface area contributed by atoms with E-state index in [2.05, 4.69) is 29.6 Å². The SMILES string of the molecule is O=C(Cc1ccc2ccccc2c1)NCCCc1nc2c(s1)CCCC2. The lowest BCUT2D eigenvalue weighted by molar-refractivity contribution is -0.120. The molecule has 0 aliphatic heterocycles. The summed E-state index contributed by atoms with van der Waals surface area (Å²) in [4.78, 5) is 18.5. The Bertz CT molecular complexity index is 892. The summed E-state index contributed by atoms with van der Waals surface area (Å²) in [5.41, 5.74) is 2.39. The highest BCUT2D eigenvalue weighted by Crippen LogP contribution is 2.27. The van der Waals surface area contributed by atoms with Crippen molar-refractivity contribution >= 4 is 28.0 Å². The second-order valence-electron chi connectivity index (χ2n) is 7.00. The summed E-state index contributed by atoms with van der Waals surface area (Å²) in [5.74, 6) is 0.0960. The van der Waals surface area contributed by atoms with Crippen LogP contribution in [-0.4, -0.2) is 17.4 Å². The van der Waals surface area contributed by atoms with E-state index >= 15 is 0 Å². The Balaban J connectivity index is 1.24. The topological polar surface area (TPSA) is 42.0 Å². The number of carbonyl (C=O) groups is 1. The lowest BCUT2D eigenvalue weighted by atomic mass is 10.0. The zero-order valence-electron chi connectivity index (χ0n) is 15.0. The maximum absolute atomic E-state index is 12.2. The Morgan fingerprint density at radius 1 is 1.08 bits per heavy atom. The van der Waals surface area contributed by atoms with Gasteiger partial charge in [-0.15, -0.1) is 11.3 Å². The number of carbonyl (C=O) groups excluding carboxylic acids is 1. The maximum Gasteiger partial charge on any atom is 0.224 e. The molecule has 1 amide bonds. The van der Waals surface area contributed by atoms with E-state index in [0.29, 0.717) is 6.42 Å². The Morgan fingerprint density at radius 3 is 2.81 bits per heavy atom. The van der Waals surface area contributed by atoms with Gasteiger partial charge in [-0.2, -0.15) is 0 Å². The molecule has 26 heavy (non-hydrogen) atoms. The highest BCUT2D eigenvalue weighted by molar-refractivity contribution is 7.11. The molecule has 4 rings (SSSR count). The van der Waals surface area contributed by atoms with E-state index in [-0.39, 0.29) is 5.91 Å². The van der Waals surface area contributed by atoms with Crippen LogP contribution in [0.25, 0.3) is 10.8 Å². The Hall–Kier alpha value is -2.20. The molecule has 1 aliphatic carbocycles. The molecule has 0 spiro atoms. The molecule has 0 fully saturated rings. The van der Waals surface area contributed by atoms with Crippen molar-refractivity contribution < 1.29 is 4.79 Å². The van der Waals surface area contributed by atoms with Crippen LogP contribution in [0.15, 0.2) is 42.5 Å². The van der Waals surface area contributed by atoms with E-state index in [4.69, 9.17) is 4.98 Å². The third-order valence-electron chi connectivity index (χ3n) is 4.96. The Morgan fingerprint density at radius 2 is 1.92 bits per heavy atom. The van der Waals surface area contributed by atoms with Crippen molar-refractivity contribution in [3.63, 3.8) is 0 Å². The average Bonchev–Trinajstić information content (AvgIpc) is 3.08. The fourth-order valence-electron chi connectivity index (χ4n) is 3.58. The molecule has 1 heterocycles. The zero-order valence-corrected chi connectivity index (χ0v) is 15.8. The summed E-state index contributed by atoms with van der Waals surface area (Å²) in [6, 6.07) is 14.5. The van der Waals surface area contributed by atoms with Crippen LogP contribution in [0, 0.1) is 0 Å². The van der Waals surface area contributed by atoms with Crippen molar-refractivity contribution in [3.8, 4) is 0 Å². The quantitative estimate of drug-likeness (QED) is 0.656. The molecule has 134 valence electrons. The van der Waals surface area contributed by atoms with Gasteiger partial charge in [-0.05, 0) is 48.4 Å². The monoisotopic (exact) mass is 364 g/mol. The van der Waals surface area contributed by atoms with Gasteiger partial charge < -0.3 is 5.32 Å². The smallest absolute Gasteiger partial charge is 0.224 e. The highest BCUT2D eigenvalue weighted by Gasteiger charge is 2.14. The summed E-state index contributed by atoms with van der Waals surface area (Å²) in [5, 5.41) is 6.68. The molecular weight excluding hydrogens is 340 g/mol. The van der Waals surface area contributed by atoms with Gasteiger partial charge in [0.2, 0.25) is 5.91 Å². The number of rotatable bonds is 6. The van der Waals surface area contributed by atoms with Crippen LogP contribution >= 0.6 is 11.3 Å². The predicted molar refractivity (Wildman–Crippen MR) is 108 cm³/mol. The molecule has 0 unspecified atom stereocenters. The third-order valence-corrected chi connectivity index (χ3v) is 6.18. The molecule has 3 aromatic rings. The van der Waals surface area contributed by atoms with E-state index in [1.54, 1.807) is 0 Å². The van der Waals surface area contributed by atoms with Crippen LogP contribution < -0.4 is 5.32 Å². The average molecular weight is 365 g/mol. The van der Waals surface area contributed by atoms with Gasteiger partial charge in [0.25, 0.3) is 0 Å². The van der Waals surface area contributed by atoms with E-state index in [1.165, 1.54) is 45.6 Å². The number of thiazole rings is 1. The largest absolute Gasteiger partial charge is 0.356 e. The van der Waals surface area contributed by atoms with Crippen molar-refractivity contribution in [1.82, 2.24) is 10.3 Å². The lowest BCUT2D eigenvalue weighted by Crippen LogP contribution is -2.26. The van der Waals surface area contributed by atoms with Gasteiger partial charge in [-0.3, -0.25) is 4.79 Å². The van der Waals surface area contributed by atoms with E-state index < -0.39 is 0 Å². The highest BCUT2D eigenvalue weighted by atomic mass is 32.1. The van der Waals surface area contributed by atoms with Crippen LogP contribution in [0.4, 0.5) is 0 Å². The van der Waals surface area contributed by atoms with Gasteiger partial charge in [0.1, 0.15) is 0 Å². The molecule has 1 aliphatic rings. The first-order chi connectivity index (χ1) is 12.8. The van der Waals surface area contributed by atoms with Gasteiger partial charge >= 0.3 is 0 Å². The number of aryl methyl sites for hydroxylation is 3. The minimum atomic E-state index is 0.0960. The third kappa shape index (κ3) is 4.13. The lowest BCUT2D eigenvalue weighted by Gasteiger charge is -2.06. The first-order valence-corrected chi connectivity index (χ1v) is 10.3. The molecule has 2 aromatic carbocycles. The van der Waals surface area contributed by atoms with E-state index in [9.17, 15) is 4.79 Å². The normalized spacial score (nSPS) is 13.5. The predicted octanol–water partition coefficient (Wildman–Crippen LogP) is 4.47. The number of nitrogens with one attached hydrogen (secondary N) is 1. The van der Waals surface area contributed by atoms with Gasteiger partial charge in [0, 0.05) is 17.8 Å². The number of amides is 1. The van der Waals surface area contributed by atoms with Crippen LogP contribution in [0.5, 0.6) is 0 Å². The van der Waals surface area contributed by atoms with Crippen molar-refractivity contribution in [2.24, 2.45) is 0 Å². The van der Waals surface area contributed by atoms with Gasteiger partial charge in [0.05, 0.1) is 17.1 Å². The van der Waals surface area contributed by atoms with E-state index in [1.807, 2.05) is 29.5 Å². The summed E-state index contributed by atoms with van der Waals surface area (Å²) < 4.78 is 0. The number of aromatic nitrogens is 1. The van der Waals surface area contributed by atoms with Crippen molar-refractivity contribution in [3.05, 3.63) is 63.6 Å². The summed E-state index contributed by atoms with van der Waals surface area (Å²) in [7, 11) is 0. The number of hydrogen-bond acceptors (Lipinski definition) is 3. The summed E-state index contributed by atoms with van der Waals surface area (Å²) in [6.07, 6.45) is 7.30. The second-order valence-corrected chi connectivity index (χ2v) is 8.16. The van der Waals surface area contributed by atoms with Gasteiger partial charge in [-0.1, -0.05) is 42.5 Å². The first-order valence-electron chi connectivity index (χ1n) is 9.50. The number of fused-ring (bicyclic) bond motifs is 2. The van der Waals surface area contributed by atoms with Crippen molar-refractivity contribution in [2.75, 3.05) is 6.54 Å². The van der Waals surface area contributed by atoms with E-state index in [0.717, 1.165) is 31.4 Å². The molecule has 0 saturated carbocycles. The Labute approximate surface area is 158 Å². The number of hydrogen-bond donors (Lipinski definition) is 1. The van der Waals surface area contributed by atoms with Crippen LogP contribution in [0.1, 0.15) is 40.4 Å². The first kappa shape index (κ1) is 17.2. The zero-order chi connectivity index (χ0) is 17.8. The molecule has 0 atom stereocenters. The fourth-order valence-corrected chi connectivity index (χ4v) is 4.78. The molecule has 3 nitrogen and oxygen atoms in total. The maximum atomic E-state index is 12.2. The second kappa shape index (κ2) is 8.00.